The van der Waals surface area contributed by atoms with Gasteiger partial charge in [-0.1, -0.05) is 35.0 Å². The highest BCUT2D eigenvalue weighted by atomic mass is 16.1. The molecule has 3 aromatic heterocycles. The minimum absolute atomic E-state index is 0.0435. The second kappa shape index (κ2) is 9.81. The van der Waals surface area contributed by atoms with Crippen LogP contribution in [0.2, 0.25) is 0 Å². The van der Waals surface area contributed by atoms with E-state index in [0.29, 0.717) is 24.5 Å². The third kappa shape index (κ3) is 4.63. The van der Waals surface area contributed by atoms with Crippen molar-refractivity contribution in [2.75, 3.05) is 6.54 Å². The Balaban J connectivity index is 1.31. The average molecular weight is 487 g/mol. The number of H-pyrrole nitrogens is 1. The van der Waals surface area contributed by atoms with E-state index in [1.807, 2.05) is 24.7 Å². The van der Waals surface area contributed by atoms with E-state index in [1.54, 1.807) is 16.8 Å². The molecule has 0 amide bonds. The number of hydrogen-bond donors (Lipinski definition) is 2. The highest BCUT2D eigenvalue weighted by molar-refractivity contribution is 5.50. The zero-order chi connectivity index (χ0) is 25.3. The van der Waals surface area contributed by atoms with Crippen molar-refractivity contribution in [2.24, 2.45) is 5.73 Å². The van der Waals surface area contributed by atoms with Crippen LogP contribution in [0.4, 0.5) is 0 Å². The topological polar surface area (TPSA) is 120 Å². The van der Waals surface area contributed by atoms with E-state index >= 15 is 0 Å². The summed E-state index contributed by atoms with van der Waals surface area (Å²) in [6.07, 6.45) is 6.28. The maximum absolute atomic E-state index is 12.8. The zero-order valence-electron chi connectivity index (χ0n) is 21.2. The second-order valence-electron chi connectivity index (χ2n) is 10.1. The van der Waals surface area contributed by atoms with Gasteiger partial charge in [-0.25, -0.2) is 4.68 Å². The number of benzene rings is 1. The van der Waals surface area contributed by atoms with Crippen molar-refractivity contribution in [3.05, 3.63) is 81.0 Å². The minimum Gasteiger partial charge on any atom is -0.330 e. The van der Waals surface area contributed by atoms with Crippen molar-refractivity contribution in [2.45, 2.75) is 70.9 Å². The quantitative estimate of drug-likeness (QED) is 0.413. The van der Waals surface area contributed by atoms with Crippen LogP contribution in [0.15, 0.2) is 47.4 Å². The monoisotopic (exact) mass is 486 g/mol. The normalized spacial score (nSPS) is 20.1. The molecule has 9 nitrogen and oxygen atoms in total. The maximum atomic E-state index is 12.8. The Hall–Kier alpha value is -3.59. The molecular weight excluding hydrogens is 452 g/mol. The summed E-state index contributed by atoms with van der Waals surface area (Å²) in [6, 6.07) is 12.0. The van der Waals surface area contributed by atoms with E-state index in [9.17, 15) is 4.79 Å². The number of rotatable bonds is 7. The fourth-order valence-corrected chi connectivity index (χ4v) is 5.50. The Bertz CT molecular complexity index is 1390. The Labute approximate surface area is 210 Å². The van der Waals surface area contributed by atoms with Gasteiger partial charge in [0.2, 0.25) is 0 Å². The van der Waals surface area contributed by atoms with Gasteiger partial charge in [0.25, 0.3) is 5.56 Å². The molecule has 3 heterocycles. The van der Waals surface area contributed by atoms with Gasteiger partial charge in [-0.2, -0.15) is 10.2 Å². The molecule has 1 aliphatic rings. The van der Waals surface area contributed by atoms with Gasteiger partial charge in [0, 0.05) is 30.3 Å². The van der Waals surface area contributed by atoms with Gasteiger partial charge >= 0.3 is 0 Å². The molecule has 0 saturated heterocycles. The number of hydrogen-bond acceptors (Lipinski definition) is 6. The largest absolute Gasteiger partial charge is 0.330 e. The van der Waals surface area contributed by atoms with Crippen molar-refractivity contribution in [1.82, 2.24) is 35.0 Å². The number of aryl methyl sites for hydroxylation is 4. The fraction of sp³-hybridized carbons (Fsp3) is 0.444. The summed E-state index contributed by atoms with van der Waals surface area (Å²) in [5.41, 5.74) is 13.3. The smallest absolute Gasteiger partial charge is 0.267 e. The molecule has 0 spiro atoms. The highest BCUT2D eigenvalue weighted by Crippen LogP contribution is 2.42. The van der Waals surface area contributed by atoms with Gasteiger partial charge in [-0.15, -0.1) is 5.10 Å². The molecule has 9 heteroatoms. The molecule has 5 rings (SSSR count). The summed E-state index contributed by atoms with van der Waals surface area (Å²) < 4.78 is 3.46. The SMILES string of the molecule is Cc1cccc(C2(CN)CCC(n3nc(-c4cn(CCc5c(C)n[nH]c5C)nn4)ccc3=O)CC2)c1. The van der Waals surface area contributed by atoms with E-state index in [0.717, 1.165) is 43.5 Å². The van der Waals surface area contributed by atoms with Crippen LogP contribution in [-0.2, 0) is 18.4 Å². The Kier molecular flexibility index (Phi) is 6.57. The third-order valence-electron chi connectivity index (χ3n) is 7.78. The van der Waals surface area contributed by atoms with Gasteiger partial charge in [-0.3, -0.25) is 14.6 Å². The number of nitrogens with two attached hydrogens (primary N) is 1. The molecule has 36 heavy (non-hydrogen) atoms. The lowest BCUT2D eigenvalue weighted by atomic mass is 9.68. The lowest BCUT2D eigenvalue weighted by Crippen LogP contribution is -2.41. The summed E-state index contributed by atoms with van der Waals surface area (Å²) in [7, 11) is 0. The van der Waals surface area contributed by atoms with Gasteiger partial charge in [0.05, 0.1) is 17.9 Å². The van der Waals surface area contributed by atoms with Crippen LogP contribution in [0, 0.1) is 20.8 Å². The molecule has 188 valence electrons. The van der Waals surface area contributed by atoms with E-state index < -0.39 is 0 Å². The molecule has 1 saturated carbocycles. The molecule has 0 atom stereocenters. The van der Waals surface area contributed by atoms with Crippen LogP contribution in [0.25, 0.3) is 11.4 Å². The molecule has 1 aliphatic carbocycles. The van der Waals surface area contributed by atoms with Gasteiger partial charge in [-0.05, 0) is 70.1 Å². The van der Waals surface area contributed by atoms with Crippen LogP contribution in [-0.4, -0.2) is 41.5 Å². The van der Waals surface area contributed by atoms with Crippen molar-refractivity contribution < 1.29 is 0 Å². The van der Waals surface area contributed by atoms with Crippen LogP contribution >= 0.6 is 0 Å². The van der Waals surface area contributed by atoms with E-state index in [1.165, 1.54) is 16.7 Å². The zero-order valence-corrected chi connectivity index (χ0v) is 21.2. The predicted octanol–water partition coefficient (Wildman–Crippen LogP) is 3.40. The molecule has 0 bridgehead atoms. The van der Waals surface area contributed by atoms with Crippen molar-refractivity contribution >= 4 is 0 Å². The molecule has 4 aromatic rings. The van der Waals surface area contributed by atoms with Crippen LogP contribution in [0.3, 0.4) is 0 Å². The average Bonchev–Trinajstić information content (AvgIpc) is 3.49. The third-order valence-corrected chi connectivity index (χ3v) is 7.78. The summed E-state index contributed by atoms with van der Waals surface area (Å²) >= 11 is 0. The first-order chi connectivity index (χ1) is 17.4. The molecule has 3 N–H and O–H groups in total. The van der Waals surface area contributed by atoms with Crippen LogP contribution in [0.1, 0.15) is 59.8 Å². The lowest BCUT2D eigenvalue weighted by molar-refractivity contribution is 0.222. The van der Waals surface area contributed by atoms with Crippen LogP contribution < -0.4 is 11.3 Å². The Morgan fingerprint density at radius 1 is 1.11 bits per heavy atom. The van der Waals surface area contributed by atoms with Gasteiger partial charge in [0.15, 0.2) is 0 Å². The minimum atomic E-state index is -0.0853. The van der Waals surface area contributed by atoms with Gasteiger partial charge in [0.1, 0.15) is 11.4 Å². The first-order valence-electron chi connectivity index (χ1n) is 12.7. The molecule has 0 radical (unpaired) electrons. The summed E-state index contributed by atoms with van der Waals surface area (Å²) in [5.74, 6) is 0. The first kappa shape index (κ1) is 24.1. The summed E-state index contributed by atoms with van der Waals surface area (Å²) in [6.45, 7) is 7.44. The summed E-state index contributed by atoms with van der Waals surface area (Å²) in [4.78, 5) is 12.8. The van der Waals surface area contributed by atoms with E-state index in [2.05, 4.69) is 51.7 Å². The fourth-order valence-electron chi connectivity index (χ4n) is 5.50. The lowest BCUT2D eigenvalue weighted by Gasteiger charge is -2.40. The Morgan fingerprint density at radius 3 is 2.61 bits per heavy atom. The van der Waals surface area contributed by atoms with E-state index in [4.69, 9.17) is 10.8 Å². The van der Waals surface area contributed by atoms with Crippen LogP contribution in [0.5, 0.6) is 0 Å². The molecular formula is C27H34N8O. The Morgan fingerprint density at radius 2 is 1.92 bits per heavy atom. The number of aromatic amines is 1. The van der Waals surface area contributed by atoms with E-state index in [-0.39, 0.29) is 17.0 Å². The molecule has 1 aromatic carbocycles. The number of nitrogens with one attached hydrogen (secondary N) is 1. The van der Waals surface area contributed by atoms with Crippen molar-refractivity contribution in [1.29, 1.82) is 0 Å². The van der Waals surface area contributed by atoms with Crippen molar-refractivity contribution in [3.63, 3.8) is 0 Å². The summed E-state index contributed by atoms with van der Waals surface area (Å²) in [5, 5.41) is 20.6. The van der Waals surface area contributed by atoms with Crippen molar-refractivity contribution in [3.8, 4) is 11.4 Å². The molecule has 1 fully saturated rings. The standard InChI is InChI=1S/C27H34N8O/c1-18-5-4-6-21(15-18)27(17-28)12-9-22(10-13-27)35-26(36)8-7-24(32-35)25-16-34(33-31-25)14-11-23-19(2)29-30-20(23)3/h4-8,15-16,22H,9-14,17,28H2,1-3H3,(H,29,30). The molecule has 0 aliphatic heterocycles. The number of nitrogens with zero attached hydrogens (tertiary/aromatic N) is 6. The maximum Gasteiger partial charge on any atom is 0.267 e. The van der Waals surface area contributed by atoms with Gasteiger partial charge < -0.3 is 5.73 Å². The predicted molar refractivity (Wildman–Crippen MR) is 139 cm³/mol. The second-order valence-corrected chi connectivity index (χ2v) is 10.1. The molecule has 0 unspecified atom stereocenters. The highest BCUT2D eigenvalue weighted by Gasteiger charge is 2.37. The first-order valence-corrected chi connectivity index (χ1v) is 12.7. The number of aromatic nitrogens is 7.